The summed E-state index contributed by atoms with van der Waals surface area (Å²) in [7, 11) is 0. The van der Waals surface area contributed by atoms with E-state index in [0.717, 1.165) is 4.47 Å². The largest absolute Gasteiger partial charge is 0.304 e. The van der Waals surface area contributed by atoms with Crippen LogP contribution in [0.4, 0.5) is 0 Å². The van der Waals surface area contributed by atoms with Crippen LogP contribution in [-0.4, -0.2) is 10.4 Å². The van der Waals surface area contributed by atoms with Crippen LogP contribution in [0.2, 0.25) is 0 Å². The SMILES string of the molecule is CCC(=O)C(C)n1cc(Br)cc(C)c1=O. The summed E-state index contributed by atoms with van der Waals surface area (Å²) < 4.78 is 2.29. The number of aromatic nitrogens is 1. The highest BCUT2D eigenvalue weighted by Crippen LogP contribution is 2.13. The molecule has 1 heterocycles. The molecule has 82 valence electrons. The van der Waals surface area contributed by atoms with Gasteiger partial charge in [-0.3, -0.25) is 9.59 Å². The van der Waals surface area contributed by atoms with E-state index in [9.17, 15) is 9.59 Å². The van der Waals surface area contributed by atoms with E-state index in [-0.39, 0.29) is 11.3 Å². The first kappa shape index (κ1) is 12.2. The predicted molar refractivity (Wildman–Crippen MR) is 63.1 cm³/mol. The Labute approximate surface area is 97.2 Å². The van der Waals surface area contributed by atoms with Crippen LogP contribution in [-0.2, 0) is 4.79 Å². The second-order valence-electron chi connectivity index (χ2n) is 3.55. The van der Waals surface area contributed by atoms with E-state index in [0.29, 0.717) is 12.0 Å². The van der Waals surface area contributed by atoms with Crippen molar-refractivity contribution in [1.82, 2.24) is 4.57 Å². The van der Waals surface area contributed by atoms with Gasteiger partial charge in [-0.05, 0) is 35.8 Å². The smallest absolute Gasteiger partial charge is 0.254 e. The molecule has 3 nitrogen and oxygen atoms in total. The summed E-state index contributed by atoms with van der Waals surface area (Å²) in [4.78, 5) is 23.3. The van der Waals surface area contributed by atoms with Gasteiger partial charge in [0.05, 0.1) is 6.04 Å². The van der Waals surface area contributed by atoms with Crippen LogP contribution < -0.4 is 5.56 Å². The molecule has 0 saturated heterocycles. The lowest BCUT2D eigenvalue weighted by Gasteiger charge is -2.14. The maximum atomic E-state index is 11.8. The summed E-state index contributed by atoms with van der Waals surface area (Å²) in [5.41, 5.74) is 0.535. The molecule has 1 unspecified atom stereocenters. The Balaban J connectivity index is 3.25. The fourth-order valence-electron chi connectivity index (χ4n) is 1.44. The normalized spacial score (nSPS) is 12.5. The van der Waals surface area contributed by atoms with Gasteiger partial charge in [-0.2, -0.15) is 0 Å². The molecule has 0 saturated carbocycles. The van der Waals surface area contributed by atoms with Gasteiger partial charge in [-0.1, -0.05) is 6.92 Å². The fraction of sp³-hybridized carbons (Fsp3) is 0.455. The number of aryl methyl sites for hydroxylation is 1. The summed E-state index contributed by atoms with van der Waals surface area (Å²) in [6, 6.07) is 1.36. The third kappa shape index (κ3) is 2.56. The van der Waals surface area contributed by atoms with E-state index in [1.807, 2.05) is 0 Å². The number of halogens is 1. The van der Waals surface area contributed by atoms with Crippen LogP contribution in [0, 0.1) is 6.92 Å². The van der Waals surface area contributed by atoms with Crippen molar-refractivity contribution in [1.29, 1.82) is 0 Å². The Morgan fingerprint density at radius 1 is 1.60 bits per heavy atom. The molecule has 0 amide bonds. The van der Waals surface area contributed by atoms with Gasteiger partial charge in [0, 0.05) is 22.7 Å². The van der Waals surface area contributed by atoms with Gasteiger partial charge < -0.3 is 4.57 Å². The molecule has 0 aliphatic heterocycles. The van der Waals surface area contributed by atoms with Crippen molar-refractivity contribution in [3.8, 4) is 0 Å². The van der Waals surface area contributed by atoms with Gasteiger partial charge in [-0.25, -0.2) is 0 Å². The molecule has 0 fully saturated rings. The monoisotopic (exact) mass is 271 g/mol. The maximum Gasteiger partial charge on any atom is 0.254 e. The van der Waals surface area contributed by atoms with Gasteiger partial charge in [0.25, 0.3) is 5.56 Å². The van der Waals surface area contributed by atoms with Crippen molar-refractivity contribution >= 4 is 21.7 Å². The second kappa shape index (κ2) is 4.75. The Bertz CT molecular complexity index is 437. The van der Waals surface area contributed by atoms with Crippen LogP contribution in [0.15, 0.2) is 21.5 Å². The number of rotatable bonds is 3. The minimum absolute atomic E-state index is 0.0644. The molecule has 0 aliphatic rings. The predicted octanol–water partition coefficient (Wildman–Crippen LogP) is 2.46. The highest BCUT2D eigenvalue weighted by Gasteiger charge is 2.15. The zero-order valence-corrected chi connectivity index (χ0v) is 10.7. The molecule has 0 aliphatic carbocycles. The van der Waals surface area contributed by atoms with Crippen molar-refractivity contribution in [3.63, 3.8) is 0 Å². The average Bonchev–Trinajstić information content (AvgIpc) is 2.21. The molecular formula is C11H14BrNO2. The molecule has 0 N–H and O–H groups in total. The topological polar surface area (TPSA) is 39.1 Å². The number of carbonyl (C=O) groups excluding carboxylic acids is 1. The summed E-state index contributed by atoms with van der Waals surface area (Å²) in [5.74, 6) is 0.0644. The van der Waals surface area contributed by atoms with Crippen LogP contribution in [0.1, 0.15) is 31.9 Å². The van der Waals surface area contributed by atoms with Crippen molar-refractivity contribution in [2.75, 3.05) is 0 Å². The molecule has 4 heteroatoms. The number of nitrogens with zero attached hydrogens (tertiary/aromatic N) is 1. The van der Waals surface area contributed by atoms with Gasteiger partial charge in [0.15, 0.2) is 5.78 Å². The van der Waals surface area contributed by atoms with Gasteiger partial charge in [0.2, 0.25) is 0 Å². The van der Waals surface area contributed by atoms with Gasteiger partial charge in [0.1, 0.15) is 0 Å². The fourth-order valence-corrected chi connectivity index (χ4v) is 2.00. The van der Waals surface area contributed by atoms with Gasteiger partial charge in [-0.15, -0.1) is 0 Å². The first-order valence-electron chi connectivity index (χ1n) is 4.88. The second-order valence-corrected chi connectivity index (χ2v) is 4.47. The van der Waals surface area contributed by atoms with E-state index in [1.165, 1.54) is 4.57 Å². The van der Waals surface area contributed by atoms with Crippen LogP contribution >= 0.6 is 15.9 Å². The molecular weight excluding hydrogens is 258 g/mol. The quantitative estimate of drug-likeness (QED) is 0.847. The molecule has 0 radical (unpaired) electrons. The van der Waals surface area contributed by atoms with Crippen LogP contribution in [0.3, 0.4) is 0 Å². The van der Waals surface area contributed by atoms with Crippen molar-refractivity contribution in [2.45, 2.75) is 33.2 Å². The molecule has 1 atom stereocenters. The molecule has 1 rings (SSSR count). The van der Waals surface area contributed by atoms with Crippen LogP contribution in [0.25, 0.3) is 0 Å². The highest BCUT2D eigenvalue weighted by molar-refractivity contribution is 9.10. The molecule has 0 spiro atoms. The number of pyridine rings is 1. The third-order valence-corrected chi connectivity index (χ3v) is 2.85. The van der Waals surface area contributed by atoms with Crippen molar-refractivity contribution < 1.29 is 4.79 Å². The average molecular weight is 272 g/mol. The van der Waals surface area contributed by atoms with Crippen molar-refractivity contribution in [3.05, 3.63) is 32.7 Å². The Morgan fingerprint density at radius 2 is 2.20 bits per heavy atom. The van der Waals surface area contributed by atoms with Crippen LogP contribution in [0.5, 0.6) is 0 Å². The molecule has 0 bridgehead atoms. The Hall–Kier alpha value is -0.900. The summed E-state index contributed by atoms with van der Waals surface area (Å²) >= 11 is 3.32. The minimum atomic E-state index is -0.390. The molecule has 1 aromatic rings. The molecule has 0 aromatic carbocycles. The third-order valence-electron chi connectivity index (χ3n) is 2.42. The maximum absolute atomic E-state index is 11.8. The number of Topliss-reactive ketones (excluding diaryl/α,β-unsaturated/α-hetero) is 1. The Morgan fingerprint density at radius 3 is 2.73 bits per heavy atom. The lowest BCUT2D eigenvalue weighted by Crippen LogP contribution is -2.28. The van der Waals surface area contributed by atoms with E-state index >= 15 is 0 Å². The van der Waals surface area contributed by atoms with E-state index in [2.05, 4.69) is 15.9 Å². The van der Waals surface area contributed by atoms with Gasteiger partial charge >= 0.3 is 0 Å². The molecule has 15 heavy (non-hydrogen) atoms. The lowest BCUT2D eigenvalue weighted by molar-refractivity contribution is -0.121. The molecule has 1 aromatic heterocycles. The summed E-state index contributed by atoms with van der Waals surface area (Å²) in [6.45, 7) is 5.29. The standard InChI is InChI=1S/C11H14BrNO2/c1-4-10(14)8(3)13-6-9(12)5-7(2)11(13)15/h5-6,8H,4H2,1-3H3. The first-order chi connectivity index (χ1) is 6.97. The van der Waals surface area contributed by atoms with E-state index < -0.39 is 6.04 Å². The van der Waals surface area contributed by atoms with E-state index in [1.54, 1.807) is 33.0 Å². The number of carbonyl (C=O) groups is 1. The van der Waals surface area contributed by atoms with E-state index in [4.69, 9.17) is 0 Å². The van der Waals surface area contributed by atoms with Crippen molar-refractivity contribution in [2.24, 2.45) is 0 Å². The summed E-state index contributed by atoms with van der Waals surface area (Å²) in [5, 5.41) is 0. The number of hydrogen-bond donors (Lipinski definition) is 0. The minimum Gasteiger partial charge on any atom is -0.304 e. The zero-order chi connectivity index (χ0) is 11.6. The Kier molecular flexibility index (Phi) is 3.85. The lowest BCUT2D eigenvalue weighted by atomic mass is 10.1. The highest BCUT2D eigenvalue weighted by atomic mass is 79.9. The number of hydrogen-bond acceptors (Lipinski definition) is 2. The summed E-state index contributed by atoms with van der Waals surface area (Å²) in [6.07, 6.45) is 2.10. The zero-order valence-electron chi connectivity index (χ0n) is 9.08. The first-order valence-corrected chi connectivity index (χ1v) is 5.67. The number of ketones is 1.